The topological polar surface area (TPSA) is 83.0 Å². The van der Waals surface area contributed by atoms with Crippen molar-refractivity contribution in [1.82, 2.24) is 14.8 Å². The van der Waals surface area contributed by atoms with Crippen molar-refractivity contribution >= 4 is 33.4 Å². The number of likely N-dealkylation sites (tertiary alicyclic amines) is 1. The number of aliphatic hydroxyl groups is 1. The van der Waals surface area contributed by atoms with Crippen molar-refractivity contribution in [1.29, 1.82) is 0 Å². The van der Waals surface area contributed by atoms with Crippen LogP contribution in [0.1, 0.15) is 23.6 Å². The molecule has 1 N–H and O–H groups in total. The number of methoxy groups -OCH3 is 1. The van der Waals surface area contributed by atoms with E-state index in [4.69, 9.17) is 4.74 Å². The summed E-state index contributed by atoms with van der Waals surface area (Å²) in [4.78, 5) is 33.5. The van der Waals surface area contributed by atoms with Gasteiger partial charge in [0.2, 0.25) is 0 Å². The molecule has 1 fully saturated rings. The third kappa shape index (κ3) is 4.39. The van der Waals surface area contributed by atoms with Gasteiger partial charge >= 0.3 is 0 Å². The Kier molecular flexibility index (Phi) is 6.89. The molecular weight excluding hydrogens is 450 g/mol. The van der Waals surface area contributed by atoms with Gasteiger partial charge in [0.25, 0.3) is 11.7 Å². The first-order valence-electron chi connectivity index (χ1n) is 9.52. The number of ether oxygens (including phenoxy) is 1. The summed E-state index contributed by atoms with van der Waals surface area (Å²) < 4.78 is 5.86. The molecule has 1 aliphatic heterocycles. The Morgan fingerprint density at radius 3 is 2.67 bits per heavy atom. The molecule has 7 nitrogen and oxygen atoms in total. The summed E-state index contributed by atoms with van der Waals surface area (Å²) in [5, 5.41) is 11.0. The Hall–Kier alpha value is -2.71. The highest BCUT2D eigenvalue weighted by Crippen LogP contribution is 2.40. The van der Waals surface area contributed by atoms with Crippen molar-refractivity contribution < 1.29 is 19.4 Å². The molecule has 0 spiro atoms. The van der Waals surface area contributed by atoms with E-state index in [1.165, 1.54) is 4.90 Å². The fourth-order valence-corrected chi connectivity index (χ4v) is 4.06. The van der Waals surface area contributed by atoms with Crippen LogP contribution in [-0.4, -0.2) is 65.9 Å². The van der Waals surface area contributed by atoms with E-state index < -0.39 is 17.7 Å². The summed E-state index contributed by atoms with van der Waals surface area (Å²) in [6.45, 7) is 1.17. The molecule has 0 saturated carbocycles. The quantitative estimate of drug-likeness (QED) is 0.377. The van der Waals surface area contributed by atoms with Crippen LogP contribution in [-0.2, 0) is 9.59 Å². The van der Waals surface area contributed by atoms with Crippen LogP contribution in [0.2, 0.25) is 0 Å². The van der Waals surface area contributed by atoms with Gasteiger partial charge in [-0.05, 0) is 72.8 Å². The first kappa shape index (κ1) is 22.0. The summed E-state index contributed by atoms with van der Waals surface area (Å²) in [6.07, 6.45) is 3.94. The highest BCUT2D eigenvalue weighted by molar-refractivity contribution is 9.10. The molecule has 3 rings (SSSR count). The Bertz CT molecular complexity index is 976. The molecule has 1 aromatic carbocycles. The minimum absolute atomic E-state index is 0.0647. The third-order valence-corrected chi connectivity index (χ3v) is 5.59. The van der Waals surface area contributed by atoms with Crippen LogP contribution in [0.4, 0.5) is 0 Å². The molecule has 1 aromatic heterocycles. The molecule has 0 aliphatic carbocycles. The molecule has 8 heteroatoms. The fourth-order valence-electron chi connectivity index (χ4n) is 3.52. The molecule has 2 heterocycles. The Morgan fingerprint density at radius 1 is 1.30 bits per heavy atom. The number of Topliss-reactive ketones (excluding diaryl/α,β-unsaturated/α-hetero) is 1. The SMILES string of the molecule is COc1ccc(/C(O)=C2/C(=O)C(=O)N(CCCN(C)C)C2c2cccnc2)cc1Br. The lowest BCUT2D eigenvalue weighted by atomic mass is 9.96. The van der Waals surface area contributed by atoms with E-state index in [2.05, 4.69) is 20.9 Å². The first-order chi connectivity index (χ1) is 14.3. The molecule has 1 atom stereocenters. The average Bonchev–Trinajstić information content (AvgIpc) is 2.98. The van der Waals surface area contributed by atoms with Crippen molar-refractivity contribution in [2.75, 3.05) is 34.3 Å². The van der Waals surface area contributed by atoms with Gasteiger partial charge in [-0.15, -0.1) is 0 Å². The number of ketones is 1. The van der Waals surface area contributed by atoms with E-state index in [9.17, 15) is 14.7 Å². The highest BCUT2D eigenvalue weighted by atomic mass is 79.9. The summed E-state index contributed by atoms with van der Waals surface area (Å²) in [6, 6.07) is 7.86. The molecule has 158 valence electrons. The number of aliphatic hydroxyl groups excluding tert-OH is 1. The first-order valence-corrected chi connectivity index (χ1v) is 10.3. The van der Waals surface area contributed by atoms with Crippen molar-refractivity contribution in [3.8, 4) is 5.75 Å². The van der Waals surface area contributed by atoms with Crippen LogP contribution in [0.3, 0.4) is 0 Å². The summed E-state index contributed by atoms with van der Waals surface area (Å²) in [7, 11) is 5.45. The van der Waals surface area contributed by atoms with Crippen LogP contribution in [0.15, 0.2) is 52.8 Å². The van der Waals surface area contributed by atoms with Crippen LogP contribution < -0.4 is 4.74 Å². The zero-order chi connectivity index (χ0) is 21.8. The number of benzene rings is 1. The van der Waals surface area contributed by atoms with Crippen molar-refractivity contribution in [2.45, 2.75) is 12.5 Å². The number of hydrogen-bond acceptors (Lipinski definition) is 6. The number of hydrogen-bond donors (Lipinski definition) is 1. The lowest BCUT2D eigenvalue weighted by Crippen LogP contribution is -2.32. The molecule has 0 bridgehead atoms. The van der Waals surface area contributed by atoms with Gasteiger partial charge in [0.15, 0.2) is 0 Å². The monoisotopic (exact) mass is 473 g/mol. The second-order valence-electron chi connectivity index (χ2n) is 7.29. The molecule has 1 unspecified atom stereocenters. The van der Waals surface area contributed by atoms with Gasteiger partial charge in [-0.3, -0.25) is 14.6 Å². The van der Waals surface area contributed by atoms with E-state index >= 15 is 0 Å². The zero-order valence-corrected chi connectivity index (χ0v) is 18.7. The number of pyridine rings is 1. The van der Waals surface area contributed by atoms with Gasteiger partial charge in [0.1, 0.15) is 11.5 Å². The molecule has 1 aliphatic rings. The molecule has 1 saturated heterocycles. The van der Waals surface area contributed by atoms with Gasteiger partial charge in [-0.2, -0.15) is 0 Å². The summed E-state index contributed by atoms with van der Waals surface area (Å²) in [5.74, 6) is -0.935. The van der Waals surface area contributed by atoms with Crippen molar-refractivity contribution in [3.05, 3.63) is 63.9 Å². The van der Waals surface area contributed by atoms with Crippen LogP contribution in [0.25, 0.3) is 5.76 Å². The summed E-state index contributed by atoms with van der Waals surface area (Å²) >= 11 is 3.40. The average molecular weight is 474 g/mol. The van der Waals surface area contributed by atoms with E-state index in [-0.39, 0.29) is 11.3 Å². The zero-order valence-electron chi connectivity index (χ0n) is 17.1. The van der Waals surface area contributed by atoms with Crippen LogP contribution in [0.5, 0.6) is 5.75 Å². The predicted molar refractivity (Wildman–Crippen MR) is 117 cm³/mol. The van der Waals surface area contributed by atoms with Gasteiger partial charge in [-0.1, -0.05) is 6.07 Å². The maximum Gasteiger partial charge on any atom is 0.295 e. The Labute approximate surface area is 184 Å². The van der Waals surface area contributed by atoms with E-state index in [0.29, 0.717) is 34.3 Å². The molecule has 2 aromatic rings. The number of carbonyl (C=O) groups excluding carboxylic acids is 2. The normalized spacial score (nSPS) is 18.3. The molecule has 30 heavy (non-hydrogen) atoms. The molecule has 0 radical (unpaired) electrons. The van der Waals surface area contributed by atoms with Gasteiger partial charge < -0.3 is 19.6 Å². The number of amides is 1. The fraction of sp³-hybridized carbons (Fsp3) is 0.318. The van der Waals surface area contributed by atoms with Gasteiger partial charge in [0, 0.05) is 24.5 Å². The molecule has 1 amide bonds. The minimum Gasteiger partial charge on any atom is -0.507 e. The second kappa shape index (κ2) is 9.40. The maximum absolute atomic E-state index is 12.9. The minimum atomic E-state index is -0.696. The lowest BCUT2D eigenvalue weighted by molar-refractivity contribution is -0.139. The summed E-state index contributed by atoms with van der Waals surface area (Å²) in [5.41, 5.74) is 1.16. The predicted octanol–water partition coefficient (Wildman–Crippen LogP) is 3.23. The Morgan fingerprint density at radius 2 is 2.07 bits per heavy atom. The number of halogens is 1. The van der Waals surface area contributed by atoms with E-state index in [0.717, 1.165) is 6.54 Å². The second-order valence-corrected chi connectivity index (χ2v) is 8.14. The third-order valence-electron chi connectivity index (χ3n) is 4.97. The van der Waals surface area contributed by atoms with Gasteiger partial charge in [0.05, 0.1) is 23.2 Å². The molecular formula is C22H24BrN3O4. The van der Waals surface area contributed by atoms with Crippen LogP contribution in [0, 0.1) is 0 Å². The highest BCUT2D eigenvalue weighted by Gasteiger charge is 2.45. The number of carbonyl (C=O) groups is 2. The van der Waals surface area contributed by atoms with Crippen molar-refractivity contribution in [3.63, 3.8) is 0 Å². The van der Waals surface area contributed by atoms with E-state index in [1.807, 2.05) is 19.0 Å². The lowest BCUT2D eigenvalue weighted by Gasteiger charge is -2.25. The number of aromatic nitrogens is 1. The largest absolute Gasteiger partial charge is 0.507 e. The number of rotatable bonds is 7. The van der Waals surface area contributed by atoms with E-state index in [1.54, 1.807) is 49.8 Å². The number of nitrogens with zero attached hydrogens (tertiary/aromatic N) is 3. The maximum atomic E-state index is 12.9. The smallest absolute Gasteiger partial charge is 0.295 e. The Balaban J connectivity index is 2.08. The standard InChI is InChI=1S/C22H24BrN3O4/c1-25(2)10-5-11-26-19(15-6-4-9-24-13-15)18(21(28)22(26)29)20(27)14-7-8-17(30-3)16(23)12-14/h4,6-9,12-13,19,27H,5,10-11H2,1-3H3/b20-18-. The van der Waals surface area contributed by atoms with Crippen molar-refractivity contribution in [2.24, 2.45) is 0 Å². The van der Waals surface area contributed by atoms with Gasteiger partial charge in [-0.25, -0.2) is 0 Å². The van der Waals surface area contributed by atoms with Crippen LogP contribution >= 0.6 is 15.9 Å².